The number of aromatic nitrogens is 6. The molecule has 1 N–H and O–H groups in total. The maximum Gasteiger partial charge on any atom is 0.435 e. The van der Waals surface area contributed by atoms with Gasteiger partial charge in [0.05, 0.1) is 24.6 Å². The Labute approximate surface area is 165 Å². The van der Waals surface area contributed by atoms with Crippen LogP contribution in [0.1, 0.15) is 36.0 Å². The van der Waals surface area contributed by atoms with E-state index in [2.05, 4.69) is 20.6 Å². The lowest BCUT2D eigenvalue weighted by Crippen LogP contribution is -2.16. The zero-order valence-corrected chi connectivity index (χ0v) is 16.4. The molecule has 0 saturated carbocycles. The number of rotatable bonds is 7. The summed E-state index contributed by atoms with van der Waals surface area (Å²) in [5.41, 5.74) is 1.99. The highest BCUT2D eigenvalue weighted by Crippen LogP contribution is 2.28. The molecule has 0 bridgehead atoms. The lowest BCUT2D eigenvalue weighted by molar-refractivity contribution is -0.141. The smallest absolute Gasteiger partial charge is 0.323 e. The Morgan fingerprint density at radius 3 is 2.55 bits per heavy atom. The highest BCUT2D eigenvalue weighted by Gasteiger charge is 2.34. The molecule has 3 rings (SSSR count). The van der Waals surface area contributed by atoms with Crippen molar-refractivity contribution in [3.8, 4) is 0 Å². The lowest BCUT2D eigenvalue weighted by Gasteiger charge is -2.05. The summed E-state index contributed by atoms with van der Waals surface area (Å²) in [4.78, 5) is 12.1. The summed E-state index contributed by atoms with van der Waals surface area (Å²) < 4.78 is 42.9. The largest absolute Gasteiger partial charge is 0.435 e. The van der Waals surface area contributed by atoms with Crippen molar-refractivity contribution in [3.05, 3.63) is 47.3 Å². The van der Waals surface area contributed by atoms with Crippen LogP contribution in [0.3, 0.4) is 0 Å². The number of alkyl halides is 3. The predicted molar refractivity (Wildman–Crippen MR) is 99.2 cm³/mol. The number of anilines is 1. The minimum absolute atomic E-state index is 0.00657. The molecule has 0 unspecified atom stereocenters. The molecule has 3 heterocycles. The second kappa shape index (κ2) is 8.10. The SMILES string of the molecule is CCn1ncc(Cn2cc(NC(=O)CCn3nc(C(F)(F)F)cc3C)cn2)c1C. The first-order valence-electron chi connectivity index (χ1n) is 9.12. The molecule has 0 aromatic carbocycles. The van der Waals surface area contributed by atoms with Crippen LogP contribution in [0.2, 0.25) is 0 Å². The van der Waals surface area contributed by atoms with Gasteiger partial charge in [-0.1, -0.05) is 0 Å². The van der Waals surface area contributed by atoms with E-state index in [0.29, 0.717) is 17.9 Å². The first-order valence-corrected chi connectivity index (χ1v) is 9.12. The zero-order chi connectivity index (χ0) is 21.2. The summed E-state index contributed by atoms with van der Waals surface area (Å²) in [5, 5.41) is 14.7. The van der Waals surface area contributed by atoms with Gasteiger partial charge in [0.1, 0.15) is 0 Å². The maximum absolute atomic E-state index is 12.7. The highest BCUT2D eigenvalue weighted by molar-refractivity contribution is 5.90. The van der Waals surface area contributed by atoms with E-state index in [4.69, 9.17) is 0 Å². The van der Waals surface area contributed by atoms with Crippen LogP contribution >= 0.6 is 0 Å². The zero-order valence-electron chi connectivity index (χ0n) is 16.4. The van der Waals surface area contributed by atoms with Gasteiger partial charge in [0.15, 0.2) is 5.69 Å². The second-order valence-corrected chi connectivity index (χ2v) is 6.69. The van der Waals surface area contributed by atoms with Crippen LogP contribution in [0.4, 0.5) is 18.9 Å². The molecule has 0 radical (unpaired) electrons. The van der Waals surface area contributed by atoms with Crippen molar-refractivity contribution in [3.63, 3.8) is 0 Å². The standard InChI is InChI=1S/C18H22F3N7O/c1-4-27-13(3)14(8-23-27)10-26-11-15(9-22-26)24-17(29)5-6-28-12(2)7-16(25-28)18(19,20)21/h7-9,11H,4-6,10H2,1-3H3,(H,24,29). The summed E-state index contributed by atoms with van der Waals surface area (Å²) in [5.74, 6) is -0.331. The molecule has 0 spiro atoms. The Morgan fingerprint density at radius 1 is 1.17 bits per heavy atom. The summed E-state index contributed by atoms with van der Waals surface area (Å²) in [6.45, 7) is 6.88. The second-order valence-electron chi connectivity index (χ2n) is 6.69. The number of nitrogens with one attached hydrogen (secondary N) is 1. The van der Waals surface area contributed by atoms with Crippen molar-refractivity contribution in [2.24, 2.45) is 0 Å². The Hall–Kier alpha value is -3.11. The monoisotopic (exact) mass is 409 g/mol. The van der Waals surface area contributed by atoms with E-state index in [0.717, 1.165) is 23.9 Å². The van der Waals surface area contributed by atoms with Crippen LogP contribution in [-0.2, 0) is 30.6 Å². The molecular formula is C18H22F3N7O. The molecule has 8 nitrogen and oxygen atoms in total. The lowest BCUT2D eigenvalue weighted by atomic mass is 10.2. The normalized spacial score (nSPS) is 11.8. The fourth-order valence-corrected chi connectivity index (χ4v) is 2.95. The van der Waals surface area contributed by atoms with E-state index in [1.807, 2.05) is 18.5 Å². The number of hydrogen-bond acceptors (Lipinski definition) is 4. The number of carbonyl (C=O) groups excluding carboxylic acids is 1. The predicted octanol–water partition coefficient (Wildman–Crippen LogP) is 3.01. The van der Waals surface area contributed by atoms with Gasteiger partial charge in [-0.2, -0.15) is 28.5 Å². The average molecular weight is 409 g/mol. The van der Waals surface area contributed by atoms with Crippen LogP contribution < -0.4 is 5.32 Å². The molecule has 3 aromatic heterocycles. The van der Waals surface area contributed by atoms with E-state index < -0.39 is 11.9 Å². The molecule has 0 aliphatic carbocycles. The molecule has 11 heteroatoms. The number of halogens is 3. The van der Waals surface area contributed by atoms with Gasteiger partial charge in [-0.15, -0.1) is 0 Å². The van der Waals surface area contributed by atoms with E-state index in [9.17, 15) is 18.0 Å². The minimum atomic E-state index is -4.50. The molecular weight excluding hydrogens is 387 g/mol. The maximum atomic E-state index is 12.7. The first kappa shape index (κ1) is 20.6. The number of aryl methyl sites for hydroxylation is 3. The van der Waals surface area contributed by atoms with Crippen LogP contribution in [0.25, 0.3) is 0 Å². The van der Waals surface area contributed by atoms with Gasteiger partial charge in [0.2, 0.25) is 5.91 Å². The Kier molecular flexibility index (Phi) is 5.76. The van der Waals surface area contributed by atoms with Gasteiger partial charge in [-0.3, -0.25) is 18.8 Å². The van der Waals surface area contributed by atoms with Crippen molar-refractivity contribution in [1.29, 1.82) is 0 Å². The van der Waals surface area contributed by atoms with Crippen LogP contribution in [0.15, 0.2) is 24.7 Å². The molecule has 0 saturated heterocycles. The van der Waals surface area contributed by atoms with Crippen LogP contribution in [0.5, 0.6) is 0 Å². The van der Waals surface area contributed by atoms with E-state index >= 15 is 0 Å². The third-order valence-electron chi connectivity index (χ3n) is 4.58. The van der Waals surface area contributed by atoms with E-state index in [1.165, 1.54) is 17.8 Å². The Balaban J connectivity index is 1.55. The fraction of sp³-hybridized carbons (Fsp3) is 0.444. The summed E-state index contributed by atoms with van der Waals surface area (Å²) in [6, 6.07) is 0.963. The Bertz CT molecular complexity index is 1000. The highest BCUT2D eigenvalue weighted by atomic mass is 19.4. The quantitative estimate of drug-likeness (QED) is 0.650. The summed E-state index contributed by atoms with van der Waals surface area (Å²) in [6.07, 6.45) is 0.506. The fourth-order valence-electron chi connectivity index (χ4n) is 2.95. The van der Waals surface area contributed by atoms with Crippen molar-refractivity contribution >= 4 is 11.6 Å². The van der Waals surface area contributed by atoms with Gasteiger partial charge in [0.25, 0.3) is 0 Å². The van der Waals surface area contributed by atoms with Gasteiger partial charge in [-0.25, -0.2) is 0 Å². The number of carbonyl (C=O) groups is 1. The van der Waals surface area contributed by atoms with Crippen LogP contribution in [0, 0.1) is 13.8 Å². The average Bonchev–Trinajstić information content (AvgIpc) is 3.33. The summed E-state index contributed by atoms with van der Waals surface area (Å²) >= 11 is 0. The molecule has 0 aliphatic heterocycles. The molecule has 0 fully saturated rings. The summed E-state index contributed by atoms with van der Waals surface area (Å²) in [7, 11) is 0. The molecule has 29 heavy (non-hydrogen) atoms. The van der Waals surface area contributed by atoms with Crippen molar-refractivity contribution in [1.82, 2.24) is 29.3 Å². The third-order valence-corrected chi connectivity index (χ3v) is 4.58. The van der Waals surface area contributed by atoms with Gasteiger partial charge < -0.3 is 5.32 Å². The third kappa shape index (κ3) is 4.84. The van der Waals surface area contributed by atoms with Crippen molar-refractivity contribution < 1.29 is 18.0 Å². The first-order chi connectivity index (χ1) is 13.7. The van der Waals surface area contributed by atoms with Crippen molar-refractivity contribution in [2.75, 3.05) is 5.32 Å². The topological polar surface area (TPSA) is 82.6 Å². The van der Waals surface area contributed by atoms with Gasteiger partial charge in [-0.05, 0) is 26.8 Å². The van der Waals surface area contributed by atoms with E-state index in [-0.39, 0.29) is 18.9 Å². The number of hydrogen-bond donors (Lipinski definition) is 1. The molecule has 3 aromatic rings. The van der Waals surface area contributed by atoms with E-state index in [1.54, 1.807) is 17.1 Å². The Morgan fingerprint density at radius 2 is 1.93 bits per heavy atom. The molecule has 1 amide bonds. The molecule has 0 aliphatic rings. The van der Waals surface area contributed by atoms with Gasteiger partial charge in [0, 0.05) is 42.7 Å². The number of amides is 1. The molecule has 156 valence electrons. The van der Waals surface area contributed by atoms with Crippen molar-refractivity contribution in [2.45, 2.75) is 53.0 Å². The van der Waals surface area contributed by atoms with Crippen LogP contribution in [-0.4, -0.2) is 35.2 Å². The molecule has 0 atom stereocenters. The minimum Gasteiger partial charge on any atom is -0.323 e. The van der Waals surface area contributed by atoms with Gasteiger partial charge >= 0.3 is 6.18 Å². The number of nitrogens with zero attached hydrogens (tertiary/aromatic N) is 6.